The zero-order valence-corrected chi connectivity index (χ0v) is 13.4. The highest BCUT2D eigenvalue weighted by atomic mass is 16.3. The predicted octanol–water partition coefficient (Wildman–Crippen LogP) is 4.69. The van der Waals surface area contributed by atoms with Gasteiger partial charge in [-0.05, 0) is 38.5 Å². The molecule has 0 amide bonds. The fraction of sp³-hybridized carbons (Fsp3) is 0.300. The summed E-state index contributed by atoms with van der Waals surface area (Å²) in [6.07, 6.45) is 12.8. The number of benzene rings is 1. The molecular weight excluding hydrogens is 270 g/mol. The highest BCUT2D eigenvalue weighted by Gasteiger charge is 2.14. The standard InChI is InChI=1S/C20H23NO/c1-16-9-11-17(12-10-16)6-5-13-21(2)14-18-15-22-20-8-4-3-7-19(18)20/h4-6,8-12,15H,3,7,13-14H2,1-2H3/b6-5+. The molecule has 1 aromatic heterocycles. The van der Waals surface area contributed by atoms with Gasteiger partial charge < -0.3 is 4.42 Å². The van der Waals surface area contributed by atoms with Crippen molar-refractivity contribution in [3.8, 4) is 0 Å². The molecule has 0 saturated carbocycles. The number of likely N-dealkylation sites (N-methyl/N-ethyl adjacent to an activating group) is 1. The van der Waals surface area contributed by atoms with Gasteiger partial charge in [-0.1, -0.05) is 48.1 Å². The van der Waals surface area contributed by atoms with Crippen LogP contribution in [0.25, 0.3) is 12.2 Å². The zero-order chi connectivity index (χ0) is 15.4. The highest BCUT2D eigenvalue weighted by Crippen LogP contribution is 2.25. The number of fused-ring (bicyclic) bond motifs is 1. The summed E-state index contributed by atoms with van der Waals surface area (Å²) < 4.78 is 5.64. The van der Waals surface area contributed by atoms with Gasteiger partial charge in [-0.2, -0.15) is 0 Å². The Morgan fingerprint density at radius 1 is 1.23 bits per heavy atom. The molecule has 0 radical (unpaired) electrons. The normalized spacial score (nSPS) is 14.0. The SMILES string of the molecule is Cc1ccc(/C=C/CN(C)Cc2coc3c2CCC=C3)cc1. The minimum Gasteiger partial charge on any atom is -0.464 e. The van der Waals surface area contributed by atoms with Crippen LogP contribution in [-0.2, 0) is 13.0 Å². The van der Waals surface area contributed by atoms with E-state index in [0.29, 0.717) is 0 Å². The molecule has 0 spiro atoms. The highest BCUT2D eigenvalue weighted by molar-refractivity contribution is 5.53. The summed E-state index contributed by atoms with van der Waals surface area (Å²) in [4.78, 5) is 2.31. The van der Waals surface area contributed by atoms with Crippen LogP contribution in [0.2, 0.25) is 0 Å². The summed E-state index contributed by atoms with van der Waals surface area (Å²) in [7, 11) is 2.15. The lowest BCUT2D eigenvalue weighted by Crippen LogP contribution is -2.18. The minimum absolute atomic E-state index is 0.934. The van der Waals surface area contributed by atoms with E-state index in [1.807, 2.05) is 6.26 Å². The molecule has 1 aliphatic rings. The van der Waals surface area contributed by atoms with Crippen LogP contribution < -0.4 is 0 Å². The summed E-state index contributed by atoms with van der Waals surface area (Å²) in [5, 5.41) is 0. The largest absolute Gasteiger partial charge is 0.464 e. The molecule has 2 aromatic rings. The Hall–Kier alpha value is -2.06. The molecule has 3 rings (SSSR count). The lowest BCUT2D eigenvalue weighted by molar-refractivity contribution is 0.361. The van der Waals surface area contributed by atoms with E-state index in [4.69, 9.17) is 4.42 Å². The predicted molar refractivity (Wildman–Crippen MR) is 92.6 cm³/mol. The van der Waals surface area contributed by atoms with Crippen LogP contribution in [-0.4, -0.2) is 18.5 Å². The number of hydrogen-bond donors (Lipinski definition) is 0. The third kappa shape index (κ3) is 3.58. The Morgan fingerprint density at radius 3 is 2.86 bits per heavy atom. The first-order chi connectivity index (χ1) is 10.7. The van der Waals surface area contributed by atoms with Crippen LogP contribution in [0.3, 0.4) is 0 Å². The molecule has 0 N–H and O–H groups in total. The van der Waals surface area contributed by atoms with Crippen LogP contribution in [0, 0.1) is 6.92 Å². The van der Waals surface area contributed by atoms with Gasteiger partial charge in [0.2, 0.25) is 0 Å². The van der Waals surface area contributed by atoms with Crippen LogP contribution in [0.4, 0.5) is 0 Å². The third-order valence-electron chi connectivity index (χ3n) is 4.09. The van der Waals surface area contributed by atoms with Crippen molar-refractivity contribution in [3.63, 3.8) is 0 Å². The first kappa shape index (κ1) is 14.9. The third-order valence-corrected chi connectivity index (χ3v) is 4.09. The second kappa shape index (κ2) is 6.80. The molecule has 0 unspecified atom stereocenters. The van der Waals surface area contributed by atoms with Gasteiger partial charge in [-0.15, -0.1) is 0 Å². The summed E-state index contributed by atoms with van der Waals surface area (Å²) in [6.45, 7) is 3.98. The van der Waals surface area contributed by atoms with E-state index >= 15 is 0 Å². The molecule has 0 atom stereocenters. The maximum atomic E-state index is 5.64. The van der Waals surface area contributed by atoms with Gasteiger partial charge >= 0.3 is 0 Å². The quantitative estimate of drug-likeness (QED) is 0.795. The molecule has 2 nitrogen and oxygen atoms in total. The van der Waals surface area contributed by atoms with Gasteiger partial charge in [0.1, 0.15) is 5.76 Å². The molecule has 1 aliphatic carbocycles. The van der Waals surface area contributed by atoms with Crippen molar-refractivity contribution in [1.82, 2.24) is 4.90 Å². The average Bonchev–Trinajstić information content (AvgIpc) is 2.93. The number of allylic oxidation sites excluding steroid dienone is 1. The van der Waals surface area contributed by atoms with Crippen molar-refractivity contribution in [1.29, 1.82) is 0 Å². The Bertz CT molecular complexity index is 676. The number of rotatable bonds is 5. The number of aryl methyl sites for hydroxylation is 1. The molecule has 2 heteroatoms. The van der Waals surface area contributed by atoms with E-state index in [2.05, 4.69) is 67.4 Å². The lowest BCUT2D eigenvalue weighted by atomic mass is 10.0. The number of nitrogens with zero attached hydrogens (tertiary/aromatic N) is 1. The molecule has 0 aliphatic heterocycles. The Labute approximate surface area is 132 Å². The van der Waals surface area contributed by atoms with E-state index in [1.165, 1.54) is 22.3 Å². The Kier molecular flexibility index (Phi) is 4.59. The lowest BCUT2D eigenvalue weighted by Gasteiger charge is -2.15. The molecule has 0 bridgehead atoms. The fourth-order valence-corrected chi connectivity index (χ4v) is 2.81. The van der Waals surface area contributed by atoms with Crippen LogP contribution in [0.15, 0.2) is 47.1 Å². The summed E-state index contributed by atoms with van der Waals surface area (Å²) in [5.74, 6) is 1.05. The van der Waals surface area contributed by atoms with E-state index in [0.717, 1.165) is 31.7 Å². The molecule has 1 heterocycles. The molecular formula is C20H23NO. The Balaban J connectivity index is 1.56. The zero-order valence-electron chi connectivity index (χ0n) is 13.4. The van der Waals surface area contributed by atoms with Gasteiger partial charge in [0, 0.05) is 24.2 Å². The average molecular weight is 293 g/mol. The van der Waals surface area contributed by atoms with Gasteiger partial charge in [-0.3, -0.25) is 4.90 Å². The van der Waals surface area contributed by atoms with Gasteiger partial charge in [0.15, 0.2) is 0 Å². The fourth-order valence-electron chi connectivity index (χ4n) is 2.81. The maximum absolute atomic E-state index is 5.64. The number of furan rings is 1. The summed E-state index contributed by atoms with van der Waals surface area (Å²) in [5.41, 5.74) is 5.26. The van der Waals surface area contributed by atoms with Crippen LogP contribution in [0.5, 0.6) is 0 Å². The first-order valence-corrected chi connectivity index (χ1v) is 7.90. The summed E-state index contributed by atoms with van der Waals surface area (Å²) in [6, 6.07) is 8.61. The topological polar surface area (TPSA) is 16.4 Å². The molecule has 0 fully saturated rings. The van der Waals surface area contributed by atoms with E-state index in [9.17, 15) is 0 Å². The first-order valence-electron chi connectivity index (χ1n) is 7.90. The van der Waals surface area contributed by atoms with Crippen LogP contribution in [0.1, 0.15) is 34.4 Å². The van der Waals surface area contributed by atoms with Gasteiger partial charge in [0.05, 0.1) is 6.26 Å². The molecule has 22 heavy (non-hydrogen) atoms. The van der Waals surface area contributed by atoms with Crippen molar-refractivity contribution in [2.24, 2.45) is 0 Å². The molecule has 114 valence electrons. The van der Waals surface area contributed by atoms with Crippen LogP contribution >= 0.6 is 0 Å². The van der Waals surface area contributed by atoms with Crippen molar-refractivity contribution >= 4 is 12.2 Å². The second-order valence-electron chi connectivity index (χ2n) is 6.05. The van der Waals surface area contributed by atoms with Crippen molar-refractivity contribution in [2.45, 2.75) is 26.3 Å². The van der Waals surface area contributed by atoms with E-state index < -0.39 is 0 Å². The smallest absolute Gasteiger partial charge is 0.129 e. The summed E-state index contributed by atoms with van der Waals surface area (Å²) >= 11 is 0. The molecule has 0 saturated heterocycles. The van der Waals surface area contributed by atoms with Crippen molar-refractivity contribution in [2.75, 3.05) is 13.6 Å². The van der Waals surface area contributed by atoms with Crippen molar-refractivity contribution < 1.29 is 4.42 Å². The maximum Gasteiger partial charge on any atom is 0.129 e. The monoisotopic (exact) mass is 293 g/mol. The minimum atomic E-state index is 0.934. The van der Waals surface area contributed by atoms with Gasteiger partial charge in [-0.25, -0.2) is 0 Å². The Morgan fingerprint density at radius 2 is 2.05 bits per heavy atom. The van der Waals surface area contributed by atoms with E-state index in [-0.39, 0.29) is 0 Å². The van der Waals surface area contributed by atoms with Gasteiger partial charge in [0.25, 0.3) is 0 Å². The van der Waals surface area contributed by atoms with E-state index in [1.54, 1.807) is 0 Å². The molecule has 1 aromatic carbocycles. The number of hydrogen-bond acceptors (Lipinski definition) is 2. The second-order valence-corrected chi connectivity index (χ2v) is 6.05. The van der Waals surface area contributed by atoms with Crippen molar-refractivity contribution in [3.05, 3.63) is 70.7 Å².